The van der Waals surface area contributed by atoms with E-state index in [-0.39, 0.29) is 26.7 Å². The summed E-state index contributed by atoms with van der Waals surface area (Å²) in [5.41, 5.74) is -0.215. The summed E-state index contributed by atoms with van der Waals surface area (Å²) in [7, 11) is 0. The molecule has 0 bridgehead atoms. The average molecular weight is 325 g/mol. The van der Waals surface area contributed by atoms with Crippen molar-refractivity contribution in [3.63, 3.8) is 0 Å². The third kappa shape index (κ3) is 2.24. The molecule has 0 aliphatic heterocycles. The Hall–Kier alpha value is -2.11. The molecule has 1 heterocycles. The Balaban J connectivity index is 2.39. The minimum atomic E-state index is -0.525. The summed E-state index contributed by atoms with van der Waals surface area (Å²) in [6, 6.07) is 6.75. The minimum absolute atomic E-state index is 0.00269. The van der Waals surface area contributed by atoms with Gasteiger partial charge in [0.05, 0.1) is 21.1 Å². The van der Waals surface area contributed by atoms with Crippen LogP contribution < -0.4 is 5.56 Å². The summed E-state index contributed by atoms with van der Waals surface area (Å²) in [5.74, 6) is -0.802. The molecule has 2 aromatic carbocycles. The van der Waals surface area contributed by atoms with E-state index in [1.165, 1.54) is 30.6 Å². The first kappa shape index (κ1) is 13.9. The largest absolute Gasteiger partial charge is 0.504 e. The van der Waals surface area contributed by atoms with Crippen LogP contribution in [0.3, 0.4) is 0 Å². The highest BCUT2D eigenvalue weighted by atomic mass is 35.5. The zero-order valence-corrected chi connectivity index (χ0v) is 11.9. The van der Waals surface area contributed by atoms with E-state index < -0.39 is 11.4 Å². The number of hydrogen-bond donors (Lipinski definition) is 1. The SMILES string of the molecule is O=c1c2c(Cl)cc(Cl)c(O)c2ncn1-c1cccc(F)c1. The van der Waals surface area contributed by atoms with Gasteiger partial charge < -0.3 is 5.11 Å². The van der Waals surface area contributed by atoms with Crippen molar-refractivity contribution in [2.45, 2.75) is 0 Å². The second-order valence-corrected chi connectivity index (χ2v) is 5.13. The smallest absolute Gasteiger partial charge is 0.267 e. The standard InChI is InChI=1S/C14H7Cl2FN2O2/c15-9-5-10(16)13(20)12-11(9)14(21)19(6-18-12)8-3-1-2-7(17)4-8/h1-6,20H. The lowest BCUT2D eigenvalue weighted by molar-refractivity contribution is 0.480. The molecule has 0 spiro atoms. The van der Waals surface area contributed by atoms with Crippen molar-refractivity contribution < 1.29 is 9.50 Å². The summed E-state index contributed by atoms with van der Waals surface area (Å²) in [6.45, 7) is 0. The Morgan fingerprint density at radius 3 is 2.67 bits per heavy atom. The number of benzene rings is 2. The number of hydrogen-bond acceptors (Lipinski definition) is 3. The van der Waals surface area contributed by atoms with Crippen LogP contribution in [0.15, 0.2) is 41.5 Å². The van der Waals surface area contributed by atoms with Crippen LogP contribution >= 0.6 is 23.2 Å². The third-order valence-electron chi connectivity index (χ3n) is 3.00. The van der Waals surface area contributed by atoms with Gasteiger partial charge in [0.15, 0.2) is 5.75 Å². The molecule has 0 unspecified atom stereocenters. The van der Waals surface area contributed by atoms with Crippen molar-refractivity contribution in [3.05, 3.63) is 62.9 Å². The molecule has 7 heteroatoms. The summed E-state index contributed by atoms with van der Waals surface area (Å²) >= 11 is 11.8. The monoisotopic (exact) mass is 324 g/mol. The lowest BCUT2D eigenvalue weighted by atomic mass is 10.2. The molecule has 4 nitrogen and oxygen atoms in total. The van der Waals surface area contributed by atoms with Crippen LogP contribution in [0.1, 0.15) is 0 Å². The molecular formula is C14H7Cl2FN2O2. The van der Waals surface area contributed by atoms with Crippen LogP contribution in [0.4, 0.5) is 4.39 Å². The van der Waals surface area contributed by atoms with Gasteiger partial charge in [-0.05, 0) is 24.3 Å². The van der Waals surface area contributed by atoms with E-state index in [9.17, 15) is 14.3 Å². The lowest BCUT2D eigenvalue weighted by Gasteiger charge is -2.09. The van der Waals surface area contributed by atoms with Crippen LogP contribution in [-0.4, -0.2) is 14.7 Å². The topological polar surface area (TPSA) is 55.1 Å². The Labute approximate surface area is 128 Å². The summed E-state index contributed by atoms with van der Waals surface area (Å²) in [4.78, 5) is 16.5. The molecule has 0 radical (unpaired) electrons. The zero-order valence-electron chi connectivity index (χ0n) is 10.3. The number of halogens is 3. The van der Waals surface area contributed by atoms with Gasteiger partial charge in [0, 0.05) is 0 Å². The molecule has 0 saturated heterocycles. The van der Waals surface area contributed by atoms with Crippen LogP contribution in [0, 0.1) is 5.82 Å². The number of fused-ring (bicyclic) bond motifs is 1. The molecule has 1 aromatic heterocycles. The van der Waals surface area contributed by atoms with Gasteiger partial charge in [0.25, 0.3) is 5.56 Å². The van der Waals surface area contributed by atoms with Gasteiger partial charge in [0.2, 0.25) is 0 Å². The quantitative estimate of drug-likeness (QED) is 0.744. The number of aromatic hydroxyl groups is 1. The van der Waals surface area contributed by atoms with Gasteiger partial charge in [-0.1, -0.05) is 29.3 Å². The van der Waals surface area contributed by atoms with Gasteiger partial charge >= 0.3 is 0 Å². The van der Waals surface area contributed by atoms with E-state index in [0.717, 1.165) is 4.57 Å². The minimum Gasteiger partial charge on any atom is -0.504 e. The second kappa shape index (κ2) is 5.02. The molecule has 0 atom stereocenters. The van der Waals surface area contributed by atoms with Crippen molar-refractivity contribution >= 4 is 34.1 Å². The second-order valence-electron chi connectivity index (χ2n) is 4.31. The van der Waals surface area contributed by atoms with Gasteiger partial charge in [-0.3, -0.25) is 9.36 Å². The summed E-state index contributed by atoms with van der Waals surface area (Å²) < 4.78 is 14.4. The molecule has 21 heavy (non-hydrogen) atoms. The molecular weight excluding hydrogens is 318 g/mol. The molecule has 1 N–H and O–H groups in total. The molecule has 3 rings (SSSR count). The predicted molar refractivity (Wildman–Crippen MR) is 79.0 cm³/mol. The molecule has 106 valence electrons. The predicted octanol–water partition coefficient (Wildman–Crippen LogP) is 3.54. The molecule has 0 fully saturated rings. The maximum atomic E-state index is 13.3. The van der Waals surface area contributed by atoms with E-state index >= 15 is 0 Å². The van der Waals surface area contributed by atoms with Crippen molar-refractivity contribution in [3.8, 4) is 11.4 Å². The van der Waals surface area contributed by atoms with E-state index in [1.807, 2.05) is 0 Å². The zero-order chi connectivity index (χ0) is 15.1. The van der Waals surface area contributed by atoms with E-state index in [2.05, 4.69) is 4.98 Å². The lowest BCUT2D eigenvalue weighted by Crippen LogP contribution is -2.19. The Kier molecular flexibility index (Phi) is 3.31. The fourth-order valence-electron chi connectivity index (χ4n) is 2.02. The Morgan fingerprint density at radius 2 is 1.95 bits per heavy atom. The van der Waals surface area contributed by atoms with Crippen LogP contribution in [0.5, 0.6) is 5.75 Å². The first-order valence-corrected chi connectivity index (χ1v) is 6.59. The number of phenolic OH excluding ortho intramolecular Hbond substituents is 1. The number of aromatic nitrogens is 2. The van der Waals surface area contributed by atoms with Crippen molar-refractivity contribution in [2.75, 3.05) is 0 Å². The van der Waals surface area contributed by atoms with E-state index in [4.69, 9.17) is 23.2 Å². The van der Waals surface area contributed by atoms with E-state index in [1.54, 1.807) is 6.07 Å². The fourth-order valence-corrected chi connectivity index (χ4v) is 2.56. The maximum absolute atomic E-state index is 13.3. The Bertz CT molecular complexity index is 925. The molecule has 0 aliphatic rings. The molecule has 3 aromatic rings. The maximum Gasteiger partial charge on any atom is 0.267 e. The van der Waals surface area contributed by atoms with Crippen LogP contribution in [-0.2, 0) is 0 Å². The average Bonchev–Trinajstić information content (AvgIpc) is 2.44. The van der Waals surface area contributed by atoms with Crippen LogP contribution in [0.2, 0.25) is 10.0 Å². The number of rotatable bonds is 1. The van der Waals surface area contributed by atoms with E-state index in [0.29, 0.717) is 5.69 Å². The molecule has 0 amide bonds. The molecule has 0 aliphatic carbocycles. The first-order valence-electron chi connectivity index (χ1n) is 5.83. The fraction of sp³-hybridized carbons (Fsp3) is 0. The van der Waals surface area contributed by atoms with Gasteiger partial charge in [0.1, 0.15) is 17.7 Å². The Morgan fingerprint density at radius 1 is 1.19 bits per heavy atom. The van der Waals surface area contributed by atoms with Crippen molar-refractivity contribution in [1.29, 1.82) is 0 Å². The van der Waals surface area contributed by atoms with Gasteiger partial charge in [-0.2, -0.15) is 0 Å². The van der Waals surface area contributed by atoms with Gasteiger partial charge in [-0.25, -0.2) is 9.37 Å². The highest BCUT2D eigenvalue weighted by Gasteiger charge is 2.15. The normalized spacial score (nSPS) is 11.0. The number of nitrogens with zero attached hydrogens (tertiary/aromatic N) is 2. The summed E-state index contributed by atoms with van der Waals surface area (Å²) in [5, 5.41) is 9.94. The van der Waals surface area contributed by atoms with Crippen molar-refractivity contribution in [1.82, 2.24) is 9.55 Å². The highest BCUT2D eigenvalue weighted by molar-refractivity contribution is 6.39. The molecule has 0 saturated carbocycles. The number of phenols is 1. The van der Waals surface area contributed by atoms with Gasteiger partial charge in [-0.15, -0.1) is 0 Å². The first-order chi connectivity index (χ1) is 9.99. The van der Waals surface area contributed by atoms with Crippen LogP contribution in [0.25, 0.3) is 16.6 Å². The third-order valence-corrected chi connectivity index (χ3v) is 3.59. The highest BCUT2D eigenvalue weighted by Crippen LogP contribution is 2.34. The summed E-state index contributed by atoms with van der Waals surface area (Å²) in [6.07, 6.45) is 1.19. The van der Waals surface area contributed by atoms with Crippen molar-refractivity contribution in [2.24, 2.45) is 0 Å².